The van der Waals surface area contributed by atoms with Crippen LogP contribution in [-0.4, -0.2) is 23.6 Å². The normalized spacial score (nSPS) is 10.9. The number of hydrogen-bond acceptors (Lipinski definition) is 5. The minimum absolute atomic E-state index is 0.0549. The van der Waals surface area contributed by atoms with Gasteiger partial charge >= 0.3 is 5.97 Å². The van der Waals surface area contributed by atoms with Crippen LogP contribution in [0.25, 0.3) is 17.4 Å². The van der Waals surface area contributed by atoms with Crippen LogP contribution in [-0.2, 0) is 4.79 Å². The number of hydrogen-bond donors (Lipinski definition) is 2. The fourth-order valence-corrected chi connectivity index (χ4v) is 2.95. The van der Waals surface area contributed by atoms with Crippen molar-refractivity contribution in [3.05, 3.63) is 76.5 Å². The number of anilines is 1. The lowest BCUT2D eigenvalue weighted by Crippen LogP contribution is -2.13. The molecule has 3 aromatic rings. The van der Waals surface area contributed by atoms with Gasteiger partial charge in [-0.3, -0.25) is 4.79 Å². The first-order valence-electron chi connectivity index (χ1n) is 9.20. The molecular formula is C23H17ClN2O5. The van der Waals surface area contributed by atoms with Gasteiger partial charge in [0.1, 0.15) is 28.9 Å². The van der Waals surface area contributed by atoms with E-state index in [4.69, 9.17) is 25.9 Å². The molecule has 1 aromatic heterocycles. The van der Waals surface area contributed by atoms with Gasteiger partial charge in [-0.25, -0.2) is 4.79 Å². The van der Waals surface area contributed by atoms with Crippen LogP contribution in [0.4, 0.5) is 5.69 Å². The number of carbonyl (C=O) groups excluding carboxylic acids is 1. The summed E-state index contributed by atoms with van der Waals surface area (Å²) in [5, 5.41) is 21.5. The molecule has 0 bridgehead atoms. The van der Waals surface area contributed by atoms with Crippen LogP contribution in [0.3, 0.4) is 0 Å². The quantitative estimate of drug-likeness (QED) is 0.386. The van der Waals surface area contributed by atoms with Crippen molar-refractivity contribution in [1.82, 2.24) is 0 Å². The van der Waals surface area contributed by atoms with Gasteiger partial charge in [-0.05, 0) is 49.4 Å². The van der Waals surface area contributed by atoms with E-state index >= 15 is 0 Å². The van der Waals surface area contributed by atoms with Gasteiger partial charge in [0.05, 0.1) is 17.2 Å². The van der Waals surface area contributed by atoms with Crippen LogP contribution >= 0.6 is 11.6 Å². The molecule has 0 saturated carbocycles. The lowest BCUT2D eigenvalue weighted by atomic mass is 10.1. The van der Waals surface area contributed by atoms with Crippen LogP contribution < -0.4 is 10.1 Å². The smallest absolute Gasteiger partial charge is 0.335 e. The molecule has 0 aliphatic rings. The van der Waals surface area contributed by atoms with Gasteiger partial charge in [0, 0.05) is 23.4 Å². The zero-order valence-corrected chi connectivity index (χ0v) is 17.1. The second-order valence-electron chi connectivity index (χ2n) is 6.29. The number of furan rings is 1. The van der Waals surface area contributed by atoms with Crippen LogP contribution in [0.5, 0.6) is 5.75 Å². The van der Waals surface area contributed by atoms with E-state index in [0.29, 0.717) is 34.4 Å². The van der Waals surface area contributed by atoms with E-state index in [9.17, 15) is 14.9 Å². The van der Waals surface area contributed by atoms with E-state index in [2.05, 4.69) is 5.32 Å². The number of carboxylic acid groups (broad SMARTS) is 1. The predicted molar refractivity (Wildman–Crippen MR) is 116 cm³/mol. The first-order valence-corrected chi connectivity index (χ1v) is 9.58. The molecule has 0 saturated heterocycles. The molecule has 3 rings (SSSR count). The molecule has 0 spiro atoms. The lowest BCUT2D eigenvalue weighted by Gasteiger charge is -2.07. The molecular weight excluding hydrogens is 420 g/mol. The zero-order valence-electron chi connectivity index (χ0n) is 16.4. The molecule has 1 amide bonds. The summed E-state index contributed by atoms with van der Waals surface area (Å²) in [5.41, 5.74) is 0.749. The minimum atomic E-state index is -1.10. The van der Waals surface area contributed by atoms with Gasteiger partial charge in [-0.2, -0.15) is 5.26 Å². The number of rotatable bonds is 7. The Bertz CT molecular complexity index is 1210. The summed E-state index contributed by atoms with van der Waals surface area (Å²) in [4.78, 5) is 23.7. The summed E-state index contributed by atoms with van der Waals surface area (Å²) in [7, 11) is 0. The number of ether oxygens (including phenoxy) is 1. The highest BCUT2D eigenvalue weighted by Gasteiger charge is 2.14. The van der Waals surface area contributed by atoms with Gasteiger partial charge in [0.25, 0.3) is 5.91 Å². The summed E-state index contributed by atoms with van der Waals surface area (Å²) in [6.45, 7) is 2.34. The van der Waals surface area contributed by atoms with Crippen LogP contribution in [0, 0.1) is 11.3 Å². The van der Waals surface area contributed by atoms with E-state index < -0.39 is 11.9 Å². The van der Waals surface area contributed by atoms with Crippen molar-refractivity contribution in [2.24, 2.45) is 0 Å². The Labute approximate surface area is 183 Å². The summed E-state index contributed by atoms with van der Waals surface area (Å²) in [5.74, 6) is -0.566. The average molecular weight is 437 g/mol. The maximum absolute atomic E-state index is 12.5. The van der Waals surface area contributed by atoms with E-state index in [0.717, 1.165) is 0 Å². The van der Waals surface area contributed by atoms with Crippen molar-refractivity contribution in [2.45, 2.75) is 6.92 Å². The number of halogens is 1. The summed E-state index contributed by atoms with van der Waals surface area (Å²) in [6, 6.07) is 16.0. The number of carbonyl (C=O) groups is 2. The molecule has 0 atom stereocenters. The van der Waals surface area contributed by atoms with Gasteiger partial charge in [-0.1, -0.05) is 17.7 Å². The molecule has 2 aromatic carbocycles. The second-order valence-corrected chi connectivity index (χ2v) is 6.69. The number of benzene rings is 2. The van der Waals surface area contributed by atoms with Gasteiger partial charge in [0.2, 0.25) is 0 Å². The van der Waals surface area contributed by atoms with E-state index in [1.165, 1.54) is 24.3 Å². The molecule has 0 fully saturated rings. The van der Waals surface area contributed by atoms with E-state index in [1.807, 2.05) is 13.0 Å². The lowest BCUT2D eigenvalue weighted by molar-refractivity contribution is -0.112. The summed E-state index contributed by atoms with van der Waals surface area (Å²) >= 11 is 6.16. The Balaban J connectivity index is 1.83. The van der Waals surface area contributed by atoms with Crippen LogP contribution in [0.15, 0.2) is 64.6 Å². The Morgan fingerprint density at radius 2 is 2.03 bits per heavy atom. The zero-order chi connectivity index (χ0) is 22.4. The molecule has 0 radical (unpaired) electrons. The monoisotopic (exact) mass is 436 g/mol. The molecule has 7 nitrogen and oxygen atoms in total. The molecule has 0 aliphatic heterocycles. The minimum Gasteiger partial charge on any atom is -0.494 e. The number of nitrogens with one attached hydrogen (secondary N) is 1. The fraction of sp³-hybridized carbons (Fsp3) is 0.0870. The van der Waals surface area contributed by atoms with Crippen molar-refractivity contribution >= 4 is 35.2 Å². The van der Waals surface area contributed by atoms with Gasteiger partial charge in [-0.15, -0.1) is 0 Å². The average Bonchev–Trinajstić information content (AvgIpc) is 3.21. The molecule has 2 N–H and O–H groups in total. The van der Waals surface area contributed by atoms with Crippen LogP contribution in [0.1, 0.15) is 23.0 Å². The largest absolute Gasteiger partial charge is 0.494 e. The topological polar surface area (TPSA) is 113 Å². The predicted octanol–water partition coefficient (Wildman–Crippen LogP) is 5.24. The maximum atomic E-state index is 12.5. The molecule has 0 aliphatic carbocycles. The van der Waals surface area contributed by atoms with Crippen molar-refractivity contribution < 1.29 is 23.8 Å². The first kappa shape index (κ1) is 21.7. The molecule has 0 unspecified atom stereocenters. The maximum Gasteiger partial charge on any atom is 0.335 e. The molecule has 1 heterocycles. The highest BCUT2D eigenvalue weighted by atomic mass is 35.5. The van der Waals surface area contributed by atoms with Crippen LogP contribution in [0.2, 0.25) is 5.02 Å². The third-order valence-electron chi connectivity index (χ3n) is 4.16. The van der Waals surface area contributed by atoms with Crippen molar-refractivity contribution in [1.29, 1.82) is 5.26 Å². The van der Waals surface area contributed by atoms with Gasteiger partial charge < -0.3 is 19.6 Å². The Morgan fingerprint density at radius 3 is 2.74 bits per heavy atom. The standard InChI is InChI=1S/C23H17ClN2O5/c1-2-30-17-5-3-4-16(12-17)26-22(27)15(13-25)10-18-7-9-21(31-18)19-11-14(23(28)29)6-8-20(19)24/h3-12H,2H2,1H3,(H,26,27)(H,28,29)/b15-10-. The SMILES string of the molecule is CCOc1cccc(NC(=O)/C(C#N)=C\c2ccc(-c3cc(C(=O)O)ccc3Cl)o2)c1. The molecule has 8 heteroatoms. The summed E-state index contributed by atoms with van der Waals surface area (Å²) in [6.07, 6.45) is 1.29. The van der Waals surface area contributed by atoms with Crippen molar-refractivity contribution in [3.8, 4) is 23.1 Å². The van der Waals surface area contributed by atoms with E-state index in [1.54, 1.807) is 36.4 Å². The number of nitrogens with zero attached hydrogens (tertiary/aromatic N) is 1. The second kappa shape index (κ2) is 9.65. The van der Waals surface area contributed by atoms with E-state index in [-0.39, 0.29) is 16.9 Å². The fourth-order valence-electron chi connectivity index (χ4n) is 2.74. The number of aromatic carboxylic acids is 1. The highest BCUT2D eigenvalue weighted by molar-refractivity contribution is 6.33. The van der Waals surface area contributed by atoms with Gasteiger partial charge in [0.15, 0.2) is 0 Å². The number of carboxylic acids is 1. The molecule has 156 valence electrons. The van der Waals surface area contributed by atoms with Crippen molar-refractivity contribution in [2.75, 3.05) is 11.9 Å². The third-order valence-corrected chi connectivity index (χ3v) is 4.49. The first-order chi connectivity index (χ1) is 14.9. The molecule has 31 heavy (non-hydrogen) atoms. The highest BCUT2D eigenvalue weighted by Crippen LogP contribution is 2.31. The Morgan fingerprint density at radius 1 is 1.23 bits per heavy atom. The number of amides is 1. The van der Waals surface area contributed by atoms with Crippen molar-refractivity contribution in [3.63, 3.8) is 0 Å². The number of nitriles is 1. The Kier molecular flexibility index (Phi) is 6.75. The third kappa shape index (κ3) is 5.32. The Hall–Kier alpha value is -4.02. The summed E-state index contributed by atoms with van der Waals surface area (Å²) < 4.78 is 11.1.